The van der Waals surface area contributed by atoms with Gasteiger partial charge in [0.15, 0.2) is 0 Å². The maximum Gasteiger partial charge on any atom is 0.343 e. The van der Waals surface area contributed by atoms with Gasteiger partial charge in [-0.2, -0.15) is 0 Å². The predicted molar refractivity (Wildman–Crippen MR) is 244 cm³/mol. The number of benzene rings is 6. The molecule has 59 heavy (non-hydrogen) atoms. The highest BCUT2D eigenvalue weighted by Gasteiger charge is 2.11. The van der Waals surface area contributed by atoms with E-state index in [1.807, 2.05) is 72.8 Å². The molecular formula is C55H60O4. The third kappa shape index (κ3) is 13.7. The molecular weight excluding hydrogens is 725 g/mol. The van der Waals surface area contributed by atoms with Gasteiger partial charge in [-0.3, -0.25) is 0 Å². The standard InChI is InChI=1S/C55H60O4/c1-3-5-14-42-18-26-46(27-19-42)48-30-34-50(35-31-48)54(56)58-52-38-22-44(23-39-52)16-12-10-8-7-9-11-13-17-45-24-40-53(41-25-45)59-55(57)51-36-32-49(33-37-51)47-28-20-43(21-29-47)15-6-4-2/h18-41H,3-17H2,1-2H3. The Morgan fingerprint density at radius 2 is 0.576 bits per heavy atom. The summed E-state index contributed by atoms with van der Waals surface area (Å²) in [6.45, 7) is 4.43. The zero-order valence-corrected chi connectivity index (χ0v) is 35.1. The molecule has 4 nitrogen and oxygen atoms in total. The number of rotatable bonds is 22. The van der Waals surface area contributed by atoms with E-state index >= 15 is 0 Å². The number of ether oxygens (including phenoxy) is 2. The third-order valence-corrected chi connectivity index (χ3v) is 11.2. The Hall–Kier alpha value is -5.74. The van der Waals surface area contributed by atoms with Crippen molar-refractivity contribution in [3.8, 4) is 33.8 Å². The van der Waals surface area contributed by atoms with Crippen LogP contribution in [-0.2, 0) is 25.7 Å². The number of hydrogen-bond acceptors (Lipinski definition) is 4. The lowest BCUT2D eigenvalue weighted by atomic mass is 10.0. The summed E-state index contributed by atoms with van der Waals surface area (Å²) < 4.78 is 11.3. The molecule has 6 rings (SSSR count). The molecule has 0 aromatic heterocycles. The van der Waals surface area contributed by atoms with Crippen LogP contribution in [0.3, 0.4) is 0 Å². The normalized spacial score (nSPS) is 11.0. The fraction of sp³-hybridized carbons (Fsp3) is 0.309. The van der Waals surface area contributed by atoms with Crippen molar-refractivity contribution in [1.82, 2.24) is 0 Å². The highest BCUT2D eigenvalue weighted by atomic mass is 16.5. The number of hydrogen-bond donors (Lipinski definition) is 0. The minimum atomic E-state index is -0.340. The van der Waals surface area contributed by atoms with Gasteiger partial charge in [0.1, 0.15) is 11.5 Å². The molecule has 0 aliphatic carbocycles. The van der Waals surface area contributed by atoms with Gasteiger partial charge in [0.05, 0.1) is 11.1 Å². The molecule has 6 aromatic carbocycles. The number of aryl methyl sites for hydroxylation is 4. The largest absolute Gasteiger partial charge is 0.423 e. The van der Waals surface area contributed by atoms with Gasteiger partial charge in [-0.15, -0.1) is 0 Å². The summed E-state index contributed by atoms with van der Waals surface area (Å²) in [5, 5.41) is 0. The van der Waals surface area contributed by atoms with Crippen LogP contribution >= 0.6 is 0 Å². The average molecular weight is 785 g/mol. The molecule has 0 aliphatic rings. The van der Waals surface area contributed by atoms with Crippen molar-refractivity contribution in [1.29, 1.82) is 0 Å². The smallest absolute Gasteiger partial charge is 0.343 e. The van der Waals surface area contributed by atoms with Gasteiger partial charge in [0, 0.05) is 0 Å². The van der Waals surface area contributed by atoms with E-state index in [2.05, 4.69) is 86.6 Å². The van der Waals surface area contributed by atoms with Crippen LogP contribution in [0.25, 0.3) is 22.3 Å². The Balaban J connectivity index is 0.808. The molecule has 0 unspecified atom stereocenters. The molecule has 0 N–H and O–H groups in total. The lowest BCUT2D eigenvalue weighted by Gasteiger charge is -2.08. The zero-order valence-electron chi connectivity index (χ0n) is 35.1. The molecule has 0 amide bonds. The Kier molecular flexibility index (Phi) is 16.7. The van der Waals surface area contributed by atoms with Crippen LogP contribution < -0.4 is 9.47 Å². The first-order chi connectivity index (χ1) is 29.0. The van der Waals surface area contributed by atoms with E-state index in [4.69, 9.17) is 9.47 Å². The van der Waals surface area contributed by atoms with Gasteiger partial charge < -0.3 is 9.47 Å². The quantitative estimate of drug-likeness (QED) is 0.0391. The molecule has 0 bridgehead atoms. The molecule has 0 atom stereocenters. The Morgan fingerprint density at radius 3 is 0.881 bits per heavy atom. The zero-order chi connectivity index (χ0) is 41.1. The molecule has 304 valence electrons. The second kappa shape index (κ2) is 23.0. The molecule has 4 heteroatoms. The number of carbonyl (C=O) groups excluding carboxylic acids is 2. The molecule has 0 saturated heterocycles. The maximum atomic E-state index is 12.8. The molecule has 0 saturated carbocycles. The number of carbonyl (C=O) groups is 2. The molecule has 0 fully saturated rings. The topological polar surface area (TPSA) is 52.6 Å². The fourth-order valence-electron chi connectivity index (χ4n) is 7.41. The summed E-state index contributed by atoms with van der Waals surface area (Å²) in [4.78, 5) is 25.6. The van der Waals surface area contributed by atoms with Gasteiger partial charge in [-0.1, -0.05) is 156 Å². The molecule has 0 radical (unpaired) electrons. The van der Waals surface area contributed by atoms with Crippen LogP contribution in [-0.4, -0.2) is 11.9 Å². The highest BCUT2D eigenvalue weighted by molar-refractivity contribution is 5.92. The van der Waals surface area contributed by atoms with Crippen LogP contribution in [0.4, 0.5) is 0 Å². The summed E-state index contributed by atoms with van der Waals surface area (Å²) in [5.74, 6) is 0.462. The number of esters is 2. The first kappa shape index (κ1) is 42.9. The van der Waals surface area contributed by atoms with Crippen LogP contribution in [0, 0.1) is 0 Å². The minimum Gasteiger partial charge on any atom is -0.423 e. The van der Waals surface area contributed by atoms with E-state index in [1.54, 1.807) is 0 Å². The lowest BCUT2D eigenvalue weighted by molar-refractivity contribution is 0.0725. The summed E-state index contributed by atoms with van der Waals surface area (Å²) in [5.41, 5.74) is 10.8. The van der Waals surface area contributed by atoms with Crippen molar-refractivity contribution < 1.29 is 19.1 Å². The van der Waals surface area contributed by atoms with E-state index in [-0.39, 0.29) is 11.9 Å². The van der Waals surface area contributed by atoms with E-state index in [1.165, 1.54) is 80.0 Å². The van der Waals surface area contributed by atoms with Crippen molar-refractivity contribution in [2.24, 2.45) is 0 Å². The van der Waals surface area contributed by atoms with E-state index < -0.39 is 0 Å². The van der Waals surface area contributed by atoms with Gasteiger partial charge in [-0.25, -0.2) is 9.59 Å². The second-order valence-electron chi connectivity index (χ2n) is 15.8. The highest BCUT2D eigenvalue weighted by Crippen LogP contribution is 2.25. The first-order valence-corrected chi connectivity index (χ1v) is 22.0. The summed E-state index contributed by atoms with van der Waals surface area (Å²) >= 11 is 0. The third-order valence-electron chi connectivity index (χ3n) is 11.2. The second-order valence-corrected chi connectivity index (χ2v) is 15.8. The van der Waals surface area contributed by atoms with E-state index in [9.17, 15) is 9.59 Å². The molecule has 0 heterocycles. The Bertz CT molecular complexity index is 1990. The van der Waals surface area contributed by atoms with Crippen molar-refractivity contribution in [2.75, 3.05) is 0 Å². The molecule has 0 spiro atoms. The summed E-state index contributed by atoms with van der Waals surface area (Å²) in [6.07, 6.45) is 17.6. The Morgan fingerprint density at radius 1 is 0.322 bits per heavy atom. The van der Waals surface area contributed by atoms with Crippen molar-refractivity contribution >= 4 is 11.9 Å². The van der Waals surface area contributed by atoms with Gasteiger partial charge in [-0.05, 0) is 144 Å². The summed E-state index contributed by atoms with van der Waals surface area (Å²) in [7, 11) is 0. The van der Waals surface area contributed by atoms with Gasteiger partial charge in [0.2, 0.25) is 0 Å². The average Bonchev–Trinajstić information content (AvgIpc) is 3.28. The van der Waals surface area contributed by atoms with Crippen LogP contribution in [0.1, 0.15) is 127 Å². The SMILES string of the molecule is CCCCc1ccc(-c2ccc(C(=O)Oc3ccc(CCCCCCCCCc4ccc(OC(=O)c5ccc(-c6ccc(CCCC)cc6)cc5)cc4)cc3)cc2)cc1. The Labute approximate surface area is 352 Å². The van der Waals surface area contributed by atoms with Crippen molar-refractivity contribution in [3.05, 3.63) is 179 Å². The van der Waals surface area contributed by atoms with Crippen molar-refractivity contribution in [3.63, 3.8) is 0 Å². The van der Waals surface area contributed by atoms with Crippen molar-refractivity contribution in [2.45, 2.75) is 110 Å². The fourth-order valence-corrected chi connectivity index (χ4v) is 7.41. The van der Waals surface area contributed by atoms with E-state index in [0.717, 1.165) is 60.8 Å². The maximum absolute atomic E-state index is 12.8. The van der Waals surface area contributed by atoms with Crippen LogP contribution in [0.5, 0.6) is 11.5 Å². The monoisotopic (exact) mass is 784 g/mol. The van der Waals surface area contributed by atoms with Crippen LogP contribution in [0.15, 0.2) is 146 Å². The molecule has 0 aliphatic heterocycles. The summed E-state index contributed by atoms with van der Waals surface area (Å²) in [6, 6.07) is 48.6. The lowest BCUT2D eigenvalue weighted by Crippen LogP contribution is -2.08. The molecule has 6 aromatic rings. The number of unbranched alkanes of at least 4 members (excludes halogenated alkanes) is 8. The predicted octanol–water partition coefficient (Wildman–Crippen LogP) is 14.7. The van der Waals surface area contributed by atoms with Gasteiger partial charge in [0.25, 0.3) is 0 Å². The minimum absolute atomic E-state index is 0.340. The van der Waals surface area contributed by atoms with Crippen LogP contribution in [0.2, 0.25) is 0 Å². The van der Waals surface area contributed by atoms with Gasteiger partial charge >= 0.3 is 11.9 Å². The first-order valence-electron chi connectivity index (χ1n) is 22.0. The van der Waals surface area contributed by atoms with E-state index in [0.29, 0.717) is 22.6 Å².